The minimum atomic E-state index is -3.90. The largest absolute Gasteiger partial charge is 0.473 e. The number of sulfonamides is 1. The number of rotatable bonds is 20. The van der Waals surface area contributed by atoms with Crippen molar-refractivity contribution in [2.24, 2.45) is 16.7 Å². The molecule has 3 heterocycles. The van der Waals surface area contributed by atoms with Crippen LogP contribution in [0, 0.1) is 16.7 Å². The third-order valence-corrected chi connectivity index (χ3v) is 19.7. The molecule has 1 saturated heterocycles. The van der Waals surface area contributed by atoms with Crippen LogP contribution in [0.4, 0.5) is 5.82 Å². The minimum absolute atomic E-state index is 0.00289. The van der Waals surface area contributed by atoms with E-state index in [4.69, 9.17) is 44.8 Å². The van der Waals surface area contributed by atoms with Crippen LogP contribution < -0.4 is 19.5 Å². The maximum Gasteiger partial charge on any atom is 0.338 e. The van der Waals surface area contributed by atoms with Crippen LogP contribution in [-0.2, 0) is 52.9 Å². The highest BCUT2D eigenvalue weighted by Gasteiger charge is 2.78. The first-order chi connectivity index (χ1) is 46.7. The van der Waals surface area contributed by atoms with E-state index in [1.54, 1.807) is 142 Å². The molecule has 2 saturated carbocycles. The van der Waals surface area contributed by atoms with E-state index in [1.165, 1.54) is 38.4 Å². The van der Waals surface area contributed by atoms with Crippen LogP contribution >= 0.6 is 27.5 Å². The summed E-state index contributed by atoms with van der Waals surface area (Å²) < 4.78 is 70.4. The van der Waals surface area contributed by atoms with E-state index < -0.39 is 123 Å². The third-order valence-electron chi connectivity index (χ3n) is 18.1. The maximum atomic E-state index is 15.5. The number of benzene rings is 5. The second-order valence-electron chi connectivity index (χ2n) is 24.5. The average molecular weight is 1440 g/mol. The van der Waals surface area contributed by atoms with Gasteiger partial charge in [-0.3, -0.25) is 23.9 Å². The third kappa shape index (κ3) is 15.1. The van der Waals surface area contributed by atoms with Crippen molar-refractivity contribution >= 4 is 85.0 Å². The van der Waals surface area contributed by atoms with E-state index in [2.05, 4.69) is 45.9 Å². The molecule has 3 fully saturated rings. The van der Waals surface area contributed by atoms with Gasteiger partial charge in [-0.05, 0) is 100 Å². The zero-order valence-corrected chi connectivity index (χ0v) is 57.0. The summed E-state index contributed by atoms with van der Waals surface area (Å²) in [7, 11) is -3.90. The van der Waals surface area contributed by atoms with Gasteiger partial charge >= 0.3 is 29.9 Å². The topological polar surface area (TPSA) is 337 Å². The van der Waals surface area contributed by atoms with Gasteiger partial charge in [0.05, 0.1) is 51.1 Å². The lowest BCUT2D eigenvalue weighted by molar-refractivity contribution is -0.346. The lowest BCUT2D eigenvalue weighted by Gasteiger charge is -2.67. The Morgan fingerprint density at radius 3 is 1.99 bits per heavy atom. The number of carbonyl (C=O) groups is 6. The van der Waals surface area contributed by atoms with Gasteiger partial charge in [0, 0.05) is 55.1 Å². The summed E-state index contributed by atoms with van der Waals surface area (Å²) in [5, 5.41) is 41.8. The van der Waals surface area contributed by atoms with Crippen LogP contribution in [0.5, 0.6) is 11.9 Å². The van der Waals surface area contributed by atoms with E-state index in [0.717, 1.165) is 29.3 Å². The molecule has 1 aliphatic heterocycles. The van der Waals surface area contributed by atoms with Gasteiger partial charge < -0.3 is 53.8 Å². The van der Waals surface area contributed by atoms with Crippen LogP contribution in [0.25, 0.3) is 17.2 Å². The quantitative estimate of drug-likeness (QED) is 0.0206. The first-order valence-electron chi connectivity index (χ1n) is 31.0. The Labute approximate surface area is 577 Å². The monoisotopic (exact) mass is 1440 g/mol. The normalized spacial score (nSPS) is 24.3. The van der Waals surface area contributed by atoms with E-state index in [0.29, 0.717) is 21.7 Å². The number of anilines is 1. The Hall–Kier alpha value is -9.28. The van der Waals surface area contributed by atoms with Crippen molar-refractivity contribution in [3.05, 3.63) is 213 Å². The number of hydrogen-bond acceptors (Lipinski definition) is 22. The standard InChI is InChI=1S/C47H51NO14.C24H19BrClN5O4S/c1-25-31(60-43(56)36(52)35(28-16-10-7-11-17-28)48-41(54)29-18-12-8-13-19-29)23-47(57)40(61-42(55)30-20-14-9-15-21-30)38-45(6,32(51)22-33-46(38,24-58-33)62-27(3)50)39(53)37(59-26(2)49)34(25)44(47,4)5;25-19-14-27-24(28-15-19)35-12-11-34-23-21(18-6-8-20(26)9-7-18)22(29-16-30-23)31-36(32,33)13-10-17-4-2-1-3-5-17/h7-21,31-33,35-38,40,51-52,57H,22-24H2,1-6H3,(H,48,54);1-10,13-16H,11-12H2,(H,29,30,31)/b;13-10+/t31-,32-,33+,35-,36+,37+,38-,40-,45+,46-,47+;/m0./s1. The second kappa shape index (κ2) is 29.8. The molecule has 2 bridgehead atoms. The molecule has 7 aromatic rings. The molecule has 98 heavy (non-hydrogen) atoms. The minimum Gasteiger partial charge on any atom is -0.473 e. The molecule has 11 atom stereocenters. The van der Waals surface area contributed by atoms with Crippen molar-refractivity contribution in [1.82, 2.24) is 25.3 Å². The van der Waals surface area contributed by atoms with Crippen LogP contribution in [0.3, 0.4) is 0 Å². The molecule has 2 aromatic heterocycles. The van der Waals surface area contributed by atoms with Crippen molar-refractivity contribution in [3.8, 4) is 23.0 Å². The van der Waals surface area contributed by atoms with E-state index in [-0.39, 0.29) is 66.2 Å². The predicted octanol–water partition coefficient (Wildman–Crippen LogP) is 8.96. The molecule has 3 aliphatic carbocycles. The van der Waals surface area contributed by atoms with Gasteiger partial charge in [-0.25, -0.2) is 37.9 Å². The Morgan fingerprint density at radius 1 is 0.786 bits per heavy atom. The molecule has 0 unspecified atom stereocenters. The molecule has 11 rings (SSSR count). The number of nitrogens with one attached hydrogen (secondary N) is 2. The van der Waals surface area contributed by atoms with Gasteiger partial charge in [0.15, 0.2) is 29.4 Å². The fourth-order valence-electron chi connectivity index (χ4n) is 13.2. The van der Waals surface area contributed by atoms with Crippen LogP contribution in [0.2, 0.25) is 5.02 Å². The number of ketones is 1. The number of nitrogens with zero attached hydrogens (tertiary/aromatic N) is 4. The summed E-state index contributed by atoms with van der Waals surface area (Å²) in [5.74, 6) is -6.62. The number of carbonyl (C=O) groups excluding carboxylic acids is 6. The number of ether oxygens (including phenoxy) is 7. The molecular formula is C71H70BrClN6O18S. The van der Waals surface area contributed by atoms with Crippen molar-refractivity contribution in [2.45, 2.75) is 108 Å². The Morgan fingerprint density at radius 2 is 1.39 bits per heavy atom. The zero-order valence-electron chi connectivity index (χ0n) is 53.8. The predicted molar refractivity (Wildman–Crippen MR) is 359 cm³/mol. The molecule has 0 spiro atoms. The average Bonchev–Trinajstić information content (AvgIpc) is 0.669. The Bertz CT molecular complexity index is 4260. The Balaban J connectivity index is 0.000000245. The number of hydrogen-bond donors (Lipinski definition) is 5. The van der Waals surface area contributed by atoms with Crippen LogP contribution in [-0.4, -0.2) is 147 Å². The summed E-state index contributed by atoms with van der Waals surface area (Å²) in [5.41, 5.74) is -5.32. The molecule has 5 N–H and O–H groups in total. The summed E-state index contributed by atoms with van der Waals surface area (Å²) in [6.07, 6.45) is -4.67. The van der Waals surface area contributed by atoms with Crippen LogP contribution in [0.15, 0.2) is 185 Å². The van der Waals surface area contributed by atoms with E-state index in [9.17, 15) is 47.7 Å². The summed E-state index contributed by atoms with van der Waals surface area (Å²) >= 11 is 9.30. The van der Waals surface area contributed by atoms with Crippen molar-refractivity contribution in [2.75, 3.05) is 24.5 Å². The first kappa shape index (κ1) is 71.5. The lowest BCUT2D eigenvalue weighted by atomic mass is 9.44. The molecule has 5 aromatic carbocycles. The Kier molecular flexibility index (Phi) is 21.8. The molecule has 512 valence electrons. The highest BCUT2D eigenvalue weighted by molar-refractivity contribution is 9.10. The lowest BCUT2D eigenvalue weighted by Crippen LogP contribution is -2.82. The number of amides is 1. The summed E-state index contributed by atoms with van der Waals surface area (Å²) in [6.45, 7) is 8.20. The fraction of sp³-hybridized carbons (Fsp3) is 0.324. The number of aromatic nitrogens is 4. The molecule has 1 amide bonds. The number of aliphatic hydroxyl groups excluding tert-OH is 2. The molecule has 24 nitrogen and oxygen atoms in total. The number of halogens is 2. The van der Waals surface area contributed by atoms with E-state index >= 15 is 4.79 Å². The first-order valence-corrected chi connectivity index (χ1v) is 33.7. The summed E-state index contributed by atoms with van der Waals surface area (Å²) in [6, 6.07) is 39.0. The maximum absolute atomic E-state index is 15.5. The molecular weight excluding hydrogens is 1370 g/mol. The molecule has 27 heteroatoms. The SMILES string of the molecule is CC(=O)O[C@H]1C(=O)[C@@]2(C)[C@H]([C@H](OC(=O)c3ccccc3)[C@]3(O)C[C@H](OC(=O)[C@H](O)[C@@H](NC(=O)c4ccccc4)c4ccccc4)C(C)=C1C3(C)C)[C@]1(OC(C)=O)CO[C@@H]1C[C@@H]2O.O=S(=O)(/C=C/c1ccccc1)Nc1ncnc(OCCOc2ncc(Br)cn2)c1-c1ccc(Cl)cc1. The molecule has 4 aliphatic rings. The highest BCUT2D eigenvalue weighted by Crippen LogP contribution is 2.64. The number of Topliss-reactive ketones (excluding diaryl/α,β-unsaturated/α-hetero) is 1. The summed E-state index contributed by atoms with van der Waals surface area (Å²) in [4.78, 5) is 99.9. The van der Waals surface area contributed by atoms with Crippen molar-refractivity contribution < 1.29 is 85.7 Å². The van der Waals surface area contributed by atoms with Crippen molar-refractivity contribution in [1.29, 1.82) is 0 Å². The fourth-order valence-corrected chi connectivity index (χ4v) is 14.3. The van der Waals surface area contributed by atoms with Gasteiger partial charge in [0.2, 0.25) is 5.88 Å². The second-order valence-corrected chi connectivity index (χ2v) is 27.4. The van der Waals surface area contributed by atoms with Gasteiger partial charge in [0.1, 0.15) is 43.5 Å². The van der Waals surface area contributed by atoms with Crippen molar-refractivity contribution in [3.63, 3.8) is 0 Å². The number of esters is 4. The van der Waals surface area contributed by atoms with Crippen LogP contribution in [0.1, 0.15) is 92.3 Å². The van der Waals surface area contributed by atoms with Gasteiger partial charge in [0.25, 0.3) is 15.9 Å². The highest BCUT2D eigenvalue weighted by atomic mass is 79.9. The number of aliphatic hydroxyl groups is 3. The number of fused-ring (bicyclic) bond motifs is 5. The van der Waals surface area contributed by atoms with Gasteiger partial charge in [-0.15, -0.1) is 0 Å². The molecule has 0 radical (unpaired) electrons. The van der Waals surface area contributed by atoms with Gasteiger partial charge in [-0.1, -0.05) is 135 Å². The van der Waals surface area contributed by atoms with Gasteiger partial charge in [-0.2, -0.15) is 0 Å². The van der Waals surface area contributed by atoms with E-state index in [1.807, 2.05) is 18.2 Å². The zero-order chi connectivity index (χ0) is 70.3. The smallest absolute Gasteiger partial charge is 0.338 e.